The third-order valence-electron chi connectivity index (χ3n) is 2.20. The molecule has 0 saturated carbocycles. The van der Waals surface area contributed by atoms with E-state index < -0.39 is 0 Å². The van der Waals surface area contributed by atoms with E-state index in [1.165, 1.54) is 0 Å². The highest BCUT2D eigenvalue weighted by Crippen LogP contribution is 2.04. The number of nitrogens with two attached hydrogens (primary N) is 1. The fraction of sp³-hybridized carbons (Fsp3) is 0.308. The van der Waals surface area contributed by atoms with E-state index in [4.69, 9.17) is 5.73 Å². The summed E-state index contributed by atoms with van der Waals surface area (Å²) in [4.78, 5) is 11.0. The van der Waals surface area contributed by atoms with Gasteiger partial charge in [-0.05, 0) is 17.7 Å². The molecule has 1 aromatic carbocycles. The van der Waals surface area contributed by atoms with E-state index in [1.54, 1.807) is 6.07 Å². The van der Waals surface area contributed by atoms with Crippen LogP contribution in [0.15, 0.2) is 36.9 Å². The third-order valence-corrected chi connectivity index (χ3v) is 3.16. The van der Waals surface area contributed by atoms with Crippen LogP contribution in [0.3, 0.4) is 0 Å². The lowest BCUT2D eigenvalue weighted by Gasteiger charge is -2.05. The summed E-state index contributed by atoms with van der Waals surface area (Å²) in [6.07, 6.45) is 1.90. The average Bonchev–Trinajstić information content (AvgIpc) is 2.34. The summed E-state index contributed by atoms with van der Waals surface area (Å²) in [6.45, 7) is 5.37. The first kappa shape index (κ1) is 13.8. The molecule has 0 aliphatic carbocycles. The second-order valence-electron chi connectivity index (χ2n) is 3.60. The lowest BCUT2D eigenvalue weighted by atomic mass is 10.1. The van der Waals surface area contributed by atoms with E-state index in [1.807, 2.05) is 36.0 Å². The summed E-state index contributed by atoms with van der Waals surface area (Å²) in [5.41, 5.74) is 6.86. The van der Waals surface area contributed by atoms with Crippen molar-refractivity contribution in [2.24, 2.45) is 5.73 Å². The van der Waals surface area contributed by atoms with Gasteiger partial charge in [-0.1, -0.05) is 18.2 Å². The first-order valence-corrected chi connectivity index (χ1v) is 6.67. The van der Waals surface area contributed by atoms with Gasteiger partial charge in [-0.25, -0.2) is 0 Å². The molecule has 1 aromatic rings. The number of primary amides is 1. The summed E-state index contributed by atoms with van der Waals surface area (Å²) in [5.74, 6) is 1.66. The Labute approximate surface area is 106 Å². The molecule has 3 nitrogen and oxygen atoms in total. The van der Waals surface area contributed by atoms with Crippen molar-refractivity contribution in [2.75, 3.05) is 18.1 Å². The lowest BCUT2D eigenvalue weighted by Crippen LogP contribution is -2.17. The fourth-order valence-electron chi connectivity index (χ4n) is 1.38. The minimum Gasteiger partial charge on any atom is -0.366 e. The van der Waals surface area contributed by atoms with Crippen LogP contribution in [0.25, 0.3) is 0 Å². The van der Waals surface area contributed by atoms with Crippen molar-refractivity contribution in [3.05, 3.63) is 48.0 Å². The highest BCUT2D eigenvalue weighted by Gasteiger charge is 2.00. The van der Waals surface area contributed by atoms with Gasteiger partial charge in [0.05, 0.1) is 0 Å². The Hall–Kier alpha value is -1.26. The van der Waals surface area contributed by atoms with E-state index in [9.17, 15) is 4.79 Å². The monoisotopic (exact) mass is 250 g/mol. The number of benzene rings is 1. The molecule has 0 atom stereocenters. The number of hydrogen-bond donors (Lipinski definition) is 2. The van der Waals surface area contributed by atoms with Gasteiger partial charge in [-0.3, -0.25) is 4.79 Å². The number of carbonyl (C=O) groups is 1. The van der Waals surface area contributed by atoms with Gasteiger partial charge < -0.3 is 11.1 Å². The van der Waals surface area contributed by atoms with E-state index in [-0.39, 0.29) is 5.91 Å². The van der Waals surface area contributed by atoms with Crippen molar-refractivity contribution >= 4 is 17.7 Å². The molecule has 0 aromatic heterocycles. The van der Waals surface area contributed by atoms with Crippen molar-refractivity contribution in [3.63, 3.8) is 0 Å². The zero-order valence-corrected chi connectivity index (χ0v) is 10.6. The molecular weight excluding hydrogens is 232 g/mol. The molecule has 17 heavy (non-hydrogen) atoms. The van der Waals surface area contributed by atoms with Crippen LogP contribution in [0.4, 0.5) is 0 Å². The second-order valence-corrected chi connectivity index (χ2v) is 4.75. The van der Waals surface area contributed by atoms with Crippen LogP contribution >= 0.6 is 11.8 Å². The predicted molar refractivity (Wildman–Crippen MR) is 74.2 cm³/mol. The first-order valence-electron chi connectivity index (χ1n) is 5.52. The first-order chi connectivity index (χ1) is 8.24. The molecule has 3 N–H and O–H groups in total. The minimum atomic E-state index is -0.381. The quantitative estimate of drug-likeness (QED) is 0.546. The Morgan fingerprint density at radius 3 is 3.06 bits per heavy atom. The summed E-state index contributed by atoms with van der Waals surface area (Å²) >= 11 is 1.84. The Balaban J connectivity index is 2.29. The summed E-state index contributed by atoms with van der Waals surface area (Å²) in [7, 11) is 0. The molecule has 92 valence electrons. The Morgan fingerprint density at radius 2 is 2.35 bits per heavy atom. The van der Waals surface area contributed by atoms with Crippen molar-refractivity contribution in [1.82, 2.24) is 5.32 Å². The molecule has 1 amide bonds. The van der Waals surface area contributed by atoms with Crippen LogP contribution < -0.4 is 11.1 Å². The van der Waals surface area contributed by atoms with Gasteiger partial charge in [0.1, 0.15) is 0 Å². The molecule has 0 aliphatic rings. The zero-order valence-electron chi connectivity index (χ0n) is 9.82. The van der Waals surface area contributed by atoms with Gasteiger partial charge in [0, 0.05) is 30.2 Å². The summed E-state index contributed by atoms with van der Waals surface area (Å²) in [5, 5.41) is 3.32. The van der Waals surface area contributed by atoms with E-state index in [0.29, 0.717) is 5.56 Å². The molecule has 0 spiro atoms. The Morgan fingerprint density at radius 1 is 1.53 bits per heavy atom. The molecule has 0 bridgehead atoms. The lowest BCUT2D eigenvalue weighted by molar-refractivity contribution is 0.1000. The minimum absolute atomic E-state index is 0.381. The van der Waals surface area contributed by atoms with Gasteiger partial charge in [-0.2, -0.15) is 11.8 Å². The largest absolute Gasteiger partial charge is 0.366 e. The van der Waals surface area contributed by atoms with Crippen LogP contribution in [-0.4, -0.2) is 24.0 Å². The highest BCUT2D eigenvalue weighted by molar-refractivity contribution is 7.99. The molecule has 0 unspecified atom stereocenters. The number of amides is 1. The van der Waals surface area contributed by atoms with E-state index in [2.05, 4.69) is 11.9 Å². The fourth-order valence-corrected chi connectivity index (χ4v) is 2.00. The smallest absolute Gasteiger partial charge is 0.248 e. The maximum absolute atomic E-state index is 11.0. The van der Waals surface area contributed by atoms with Gasteiger partial charge in [0.25, 0.3) is 0 Å². The number of hydrogen-bond acceptors (Lipinski definition) is 3. The molecule has 0 fully saturated rings. The average molecular weight is 250 g/mol. The number of thioether (sulfide) groups is 1. The van der Waals surface area contributed by atoms with Crippen LogP contribution in [0.2, 0.25) is 0 Å². The third kappa shape index (κ3) is 5.56. The van der Waals surface area contributed by atoms with Crippen LogP contribution in [-0.2, 0) is 6.54 Å². The summed E-state index contributed by atoms with van der Waals surface area (Å²) in [6, 6.07) is 7.39. The predicted octanol–water partition coefficient (Wildman–Crippen LogP) is 1.79. The molecular formula is C13H18N2OS. The van der Waals surface area contributed by atoms with Crippen molar-refractivity contribution in [2.45, 2.75) is 6.54 Å². The molecule has 1 rings (SSSR count). The maximum atomic E-state index is 11.0. The normalized spacial score (nSPS) is 10.1. The maximum Gasteiger partial charge on any atom is 0.248 e. The van der Waals surface area contributed by atoms with Gasteiger partial charge >= 0.3 is 0 Å². The van der Waals surface area contributed by atoms with Crippen LogP contribution in [0.1, 0.15) is 15.9 Å². The van der Waals surface area contributed by atoms with Crippen molar-refractivity contribution < 1.29 is 4.79 Å². The molecule has 0 saturated heterocycles. The van der Waals surface area contributed by atoms with Crippen LogP contribution in [0, 0.1) is 0 Å². The van der Waals surface area contributed by atoms with Gasteiger partial charge in [-0.15, -0.1) is 6.58 Å². The Kier molecular flexibility index (Phi) is 6.43. The number of rotatable bonds is 8. The number of carbonyl (C=O) groups excluding carboxylic acids is 1. The molecule has 0 aliphatic heterocycles. The van der Waals surface area contributed by atoms with Crippen molar-refractivity contribution in [1.29, 1.82) is 0 Å². The molecule has 0 heterocycles. The highest BCUT2D eigenvalue weighted by atomic mass is 32.2. The van der Waals surface area contributed by atoms with E-state index >= 15 is 0 Å². The molecule has 4 heteroatoms. The van der Waals surface area contributed by atoms with Gasteiger partial charge in [0.15, 0.2) is 0 Å². The standard InChI is InChI=1S/C13H18N2OS/c1-2-7-17-8-6-15-10-11-4-3-5-12(9-11)13(14)16/h2-5,9,15H,1,6-8,10H2,(H2,14,16). The Bertz CT molecular complexity index is 379. The molecule has 0 radical (unpaired) electrons. The number of nitrogens with one attached hydrogen (secondary N) is 1. The van der Waals surface area contributed by atoms with Crippen LogP contribution in [0.5, 0.6) is 0 Å². The second kappa shape index (κ2) is 7.92. The van der Waals surface area contributed by atoms with Gasteiger partial charge in [0.2, 0.25) is 5.91 Å². The van der Waals surface area contributed by atoms with Crippen molar-refractivity contribution in [3.8, 4) is 0 Å². The SMILES string of the molecule is C=CCSCCNCc1cccc(C(N)=O)c1. The summed E-state index contributed by atoms with van der Waals surface area (Å²) < 4.78 is 0. The topological polar surface area (TPSA) is 55.1 Å². The zero-order chi connectivity index (χ0) is 12.5. The van der Waals surface area contributed by atoms with E-state index in [0.717, 1.165) is 30.2 Å².